The number of para-hydroxylation sites is 2. The van der Waals surface area contributed by atoms with Crippen LogP contribution in [0.25, 0.3) is 11.0 Å². The van der Waals surface area contributed by atoms with E-state index in [0.29, 0.717) is 28.8 Å². The van der Waals surface area contributed by atoms with E-state index in [2.05, 4.69) is 10.6 Å². The van der Waals surface area contributed by atoms with Crippen LogP contribution in [0.3, 0.4) is 0 Å². The summed E-state index contributed by atoms with van der Waals surface area (Å²) in [6.07, 6.45) is 2.57. The average Bonchev–Trinajstić information content (AvgIpc) is 3.19. The second-order valence-corrected chi connectivity index (χ2v) is 8.91. The molecule has 4 rings (SSSR count). The summed E-state index contributed by atoms with van der Waals surface area (Å²) in [5.74, 6) is -0.986. The summed E-state index contributed by atoms with van der Waals surface area (Å²) in [6.45, 7) is -0.148. The van der Waals surface area contributed by atoms with Crippen molar-refractivity contribution >= 4 is 40.3 Å². The number of aromatic nitrogens is 2. The molecule has 1 atom stereocenters. The molecule has 9 heteroatoms. The number of amides is 2. The van der Waals surface area contributed by atoms with Crippen LogP contribution in [0.4, 0.5) is 14.5 Å². The first kappa shape index (κ1) is 24.4. The fourth-order valence-corrected chi connectivity index (χ4v) is 4.30. The first-order valence-electron chi connectivity index (χ1n) is 11.0. The Labute approximate surface area is 205 Å². The molecule has 2 N–H and O–H groups in total. The van der Waals surface area contributed by atoms with Gasteiger partial charge in [0.15, 0.2) is 0 Å². The third-order valence-electron chi connectivity index (χ3n) is 5.40. The molecule has 0 radical (unpaired) electrons. The molecule has 0 bridgehead atoms. The number of thioether (sulfide) groups is 1. The molecule has 0 aliphatic rings. The van der Waals surface area contributed by atoms with Gasteiger partial charge < -0.3 is 15.2 Å². The van der Waals surface area contributed by atoms with Gasteiger partial charge in [-0.1, -0.05) is 30.3 Å². The first-order valence-corrected chi connectivity index (χ1v) is 12.4. The zero-order valence-electron chi connectivity index (χ0n) is 19.0. The fraction of sp³-hybridized carbons (Fsp3) is 0.192. The fourth-order valence-electron chi connectivity index (χ4n) is 3.83. The lowest BCUT2D eigenvalue weighted by molar-refractivity contribution is -0.116. The van der Waals surface area contributed by atoms with Crippen molar-refractivity contribution in [2.24, 2.45) is 0 Å². The van der Waals surface area contributed by atoms with Crippen LogP contribution < -0.4 is 10.6 Å². The molecule has 180 valence electrons. The van der Waals surface area contributed by atoms with Gasteiger partial charge >= 0.3 is 0 Å². The van der Waals surface area contributed by atoms with Crippen molar-refractivity contribution in [1.29, 1.82) is 0 Å². The van der Waals surface area contributed by atoms with Crippen molar-refractivity contribution < 1.29 is 18.4 Å². The highest BCUT2D eigenvalue weighted by molar-refractivity contribution is 7.98. The van der Waals surface area contributed by atoms with E-state index in [-0.39, 0.29) is 18.1 Å². The molecule has 1 heterocycles. The number of imidazole rings is 1. The SMILES string of the molecule is CSCC[C@H](NC(=O)c1ccccc1)c1nc2ccccc2n1CC(=O)Nc1cc(F)cc(F)c1. The predicted molar refractivity (Wildman–Crippen MR) is 134 cm³/mol. The molecule has 0 unspecified atom stereocenters. The van der Waals surface area contributed by atoms with E-state index >= 15 is 0 Å². The molecule has 1 aromatic heterocycles. The second-order valence-electron chi connectivity index (χ2n) is 7.92. The topological polar surface area (TPSA) is 76.0 Å². The molecule has 0 saturated heterocycles. The van der Waals surface area contributed by atoms with Crippen LogP contribution >= 0.6 is 11.8 Å². The van der Waals surface area contributed by atoms with Crippen molar-refractivity contribution in [2.75, 3.05) is 17.3 Å². The predicted octanol–water partition coefficient (Wildman–Crippen LogP) is 5.18. The molecule has 0 aliphatic carbocycles. The maximum atomic E-state index is 13.6. The van der Waals surface area contributed by atoms with E-state index in [4.69, 9.17) is 4.98 Å². The van der Waals surface area contributed by atoms with E-state index < -0.39 is 23.6 Å². The molecule has 0 spiro atoms. The van der Waals surface area contributed by atoms with Gasteiger partial charge in [0.1, 0.15) is 24.0 Å². The Bertz CT molecular complexity index is 1320. The summed E-state index contributed by atoms with van der Waals surface area (Å²) in [5, 5.41) is 5.60. The third-order valence-corrected chi connectivity index (χ3v) is 6.04. The van der Waals surface area contributed by atoms with E-state index in [1.807, 2.05) is 36.6 Å². The Morgan fingerprint density at radius 2 is 1.69 bits per heavy atom. The Balaban J connectivity index is 1.66. The van der Waals surface area contributed by atoms with E-state index in [1.54, 1.807) is 40.6 Å². The van der Waals surface area contributed by atoms with Gasteiger partial charge in [0.25, 0.3) is 5.91 Å². The lowest BCUT2D eigenvalue weighted by Gasteiger charge is -2.20. The minimum atomic E-state index is -0.783. The number of halogens is 2. The number of fused-ring (bicyclic) bond motifs is 1. The largest absolute Gasteiger partial charge is 0.342 e. The number of nitrogens with one attached hydrogen (secondary N) is 2. The van der Waals surface area contributed by atoms with E-state index in [1.165, 1.54) is 0 Å². The van der Waals surface area contributed by atoms with Crippen LogP contribution in [-0.2, 0) is 11.3 Å². The molecular weight excluding hydrogens is 470 g/mol. The Morgan fingerprint density at radius 1 is 1.00 bits per heavy atom. The Morgan fingerprint density at radius 3 is 2.40 bits per heavy atom. The molecule has 0 saturated carbocycles. The van der Waals surface area contributed by atoms with Crippen molar-refractivity contribution in [2.45, 2.75) is 19.0 Å². The van der Waals surface area contributed by atoms with Gasteiger partial charge in [0.05, 0.1) is 17.1 Å². The Hall–Kier alpha value is -3.72. The number of benzene rings is 3. The first-order chi connectivity index (χ1) is 16.9. The van der Waals surface area contributed by atoms with Gasteiger partial charge in [-0.05, 0) is 54.8 Å². The number of carbonyl (C=O) groups excluding carboxylic acids is 2. The standard InChI is InChI=1S/C26H24F2N4O2S/c1-35-12-11-22(31-26(34)17-7-3-2-4-8-17)25-30-21-9-5-6-10-23(21)32(25)16-24(33)29-20-14-18(27)13-19(28)15-20/h2-10,13-15,22H,11-12,16H2,1H3,(H,29,33)(H,31,34)/t22-/m0/s1. The highest BCUT2D eigenvalue weighted by Crippen LogP contribution is 2.25. The summed E-state index contributed by atoms with van der Waals surface area (Å²) >= 11 is 1.64. The Kier molecular flexibility index (Phi) is 7.77. The van der Waals surface area contributed by atoms with Crippen molar-refractivity contribution in [3.8, 4) is 0 Å². The van der Waals surface area contributed by atoms with Crippen LogP contribution in [0.2, 0.25) is 0 Å². The van der Waals surface area contributed by atoms with E-state index in [0.717, 1.165) is 24.0 Å². The molecule has 2 amide bonds. The van der Waals surface area contributed by atoms with Gasteiger partial charge in [-0.25, -0.2) is 13.8 Å². The summed E-state index contributed by atoms with van der Waals surface area (Å²) in [6, 6.07) is 18.6. The molecule has 0 fully saturated rings. The number of rotatable bonds is 9. The number of anilines is 1. The van der Waals surface area contributed by atoms with Crippen LogP contribution in [-0.4, -0.2) is 33.4 Å². The summed E-state index contributed by atoms with van der Waals surface area (Å²) in [4.78, 5) is 30.6. The van der Waals surface area contributed by atoms with Gasteiger partial charge in [-0.15, -0.1) is 0 Å². The van der Waals surface area contributed by atoms with Gasteiger partial charge in [-0.2, -0.15) is 11.8 Å². The third kappa shape index (κ3) is 6.05. The van der Waals surface area contributed by atoms with Gasteiger partial charge in [0.2, 0.25) is 5.91 Å². The van der Waals surface area contributed by atoms with Crippen molar-refractivity contribution in [3.05, 3.63) is 95.8 Å². The number of nitrogens with zero attached hydrogens (tertiary/aromatic N) is 2. The average molecular weight is 495 g/mol. The second kappa shape index (κ2) is 11.1. The molecule has 0 aliphatic heterocycles. The normalized spacial score (nSPS) is 11.9. The summed E-state index contributed by atoms with van der Waals surface area (Å²) in [7, 11) is 0. The minimum absolute atomic E-state index is 0.0229. The van der Waals surface area contributed by atoms with Crippen LogP contribution in [0.5, 0.6) is 0 Å². The monoisotopic (exact) mass is 494 g/mol. The van der Waals surface area contributed by atoms with Crippen molar-refractivity contribution in [1.82, 2.24) is 14.9 Å². The molecule has 35 heavy (non-hydrogen) atoms. The number of hydrogen-bond acceptors (Lipinski definition) is 4. The maximum Gasteiger partial charge on any atom is 0.251 e. The zero-order chi connectivity index (χ0) is 24.8. The lowest BCUT2D eigenvalue weighted by atomic mass is 10.1. The highest BCUT2D eigenvalue weighted by atomic mass is 32.2. The maximum absolute atomic E-state index is 13.6. The molecule has 3 aromatic carbocycles. The molecular formula is C26H24F2N4O2S. The highest BCUT2D eigenvalue weighted by Gasteiger charge is 2.24. The quantitative estimate of drug-likeness (QED) is 0.336. The molecule has 6 nitrogen and oxygen atoms in total. The van der Waals surface area contributed by atoms with Crippen LogP contribution in [0.1, 0.15) is 28.6 Å². The summed E-state index contributed by atoms with van der Waals surface area (Å²) < 4.78 is 28.9. The van der Waals surface area contributed by atoms with Gasteiger partial charge in [0, 0.05) is 17.3 Å². The van der Waals surface area contributed by atoms with E-state index in [9.17, 15) is 18.4 Å². The minimum Gasteiger partial charge on any atom is -0.342 e. The van der Waals surface area contributed by atoms with Crippen LogP contribution in [0.15, 0.2) is 72.8 Å². The lowest BCUT2D eigenvalue weighted by Crippen LogP contribution is -2.32. The number of hydrogen-bond donors (Lipinski definition) is 2. The smallest absolute Gasteiger partial charge is 0.251 e. The zero-order valence-corrected chi connectivity index (χ0v) is 19.8. The van der Waals surface area contributed by atoms with Crippen molar-refractivity contribution in [3.63, 3.8) is 0 Å². The number of carbonyl (C=O) groups is 2. The van der Waals surface area contributed by atoms with Crippen LogP contribution in [0, 0.1) is 11.6 Å². The molecule has 4 aromatic rings. The van der Waals surface area contributed by atoms with Gasteiger partial charge in [-0.3, -0.25) is 9.59 Å². The summed E-state index contributed by atoms with van der Waals surface area (Å²) in [5.41, 5.74) is 1.94.